The number of nitrogens with one attached hydrogen (secondary N) is 1. The Morgan fingerprint density at radius 1 is 1.47 bits per heavy atom. The van der Waals surface area contributed by atoms with E-state index in [0.717, 1.165) is 24.7 Å². The smallest absolute Gasteiger partial charge is 0.171 e. The summed E-state index contributed by atoms with van der Waals surface area (Å²) in [5.74, 6) is 1.84. The van der Waals surface area contributed by atoms with Gasteiger partial charge in [-0.15, -0.1) is 0 Å². The van der Waals surface area contributed by atoms with E-state index in [1.54, 1.807) is 0 Å². The lowest BCUT2D eigenvalue weighted by Crippen LogP contribution is -2.41. The summed E-state index contributed by atoms with van der Waals surface area (Å²) in [5, 5.41) is 3.38. The van der Waals surface area contributed by atoms with Gasteiger partial charge >= 0.3 is 0 Å². The number of hydrogen-bond acceptors (Lipinski definition) is 4. The van der Waals surface area contributed by atoms with Gasteiger partial charge in [-0.2, -0.15) is 0 Å². The van der Waals surface area contributed by atoms with E-state index in [1.807, 2.05) is 25.3 Å². The van der Waals surface area contributed by atoms with Gasteiger partial charge in [0.25, 0.3) is 0 Å². The highest BCUT2D eigenvalue weighted by Gasteiger charge is 2.21. The Morgan fingerprint density at radius 3 is 2.94 bits per heavy atom. The number of rotatable bonds is 4. The molecular weight excluding hydrogens is 214 g/mol. The zero-order chi connectivity index (χ0) is 12.1. The zero-order valence-corrected chi connectivity index (χ0v) is 10.6. The molecule has 1 aliphatic rings. The Hall–Kier alpha value is -1.29. The molecule has 0 aromatic carbocycles. The molecule has 0 saturated carbocycles. The molecule has 1 fully saturated rings. The highest BCUT2D eigenvalue weighted by Crippen LogP contribution is 2.27. The van der Waals surface area contributed by atoms with Crippen molar-refractivity contribution < 1.29 is 4.74 Å². The van der Waals surface area contributed by atoms with Crippen molar-refractivity contribution in [3.8, 4) is 5.75 Å². The predicted octanol–water partition coefficient (Wildman–Crippen LogP) is 1.67. The van der Waals surface area contributed by atoms with Crippen molar-refractivity contribution in [1.82, 2.24) is 10.3 Å². The van der Waals surface area contributed by atoms with Gasteiger partial charge in [0.1, 0.15) is 0 Å². The maximum Gasteiger partial charge on any atom is 0.171 e. The number of aromatic nitrogens is 1. The minimum absolute atomic E-state index is 0.561. The molecule has 0 aliphatic carbocycles. The molecule has 0 atom stereocenters. The summed E-state index contributed by atoms with van der Waals surface area (Å²) >= 11 is 0. The van der Waals surface area contributed by atoms with Crippen molar-refractivity contribution in [3.63, 3.8) is 0 Å². The monoisotopic (exact) mass is 235 g/mol. The van der Waals surface area contributed by atoms with Crippen molar-refractivity contribution in [1.29, 1.82) is 0 Å². The molecule has 0 spiro atoms. The van der Waals surface area contributed by atoms with E-state index >= 15 is 0 Å². The predicted molar refractivity (Wildman–Crippen MR) is 69.7 cm³/mol. The van der Waals surface area contributed by atoms with Crippen molar-refractivity contribution in [2.45, 2.75) is 25.8 Å². The lowest BCUT2D eigenvalue weighted by Gasteiger charge is -2.33. The van der Waals surface area contributed by atoms with E-state index in [1.165, 1.54) is 12.8 Å². The van der Waals surface area contributed by atoms with Crippen LogP contribution in [0.15, 0.2) is 18.3 Å². The summed E-state index contributed by atoms with van der Waals surface area (Å²) in [5.41, 5.74) is 0. The largest absolute Gasteiger partial charge is 0.490 e. The van der Waals surface area contributed by atoms with Crippen LogP contribution in [0.5, 0.6) is 5.75 Å². The Kier molecular flexibility index (Phi) is 4.20. The molecule has 0 radical (unpaired) electrons. The third-order valence-electron chi connectivity index (χ3n) is 3.24. The van der Waals surface area contributed by atoms with E-state index in [0.29, 0.717) is 12.6 Å². The van der Waals surface area contributed by atoms with Crippen LogP contribution in [0.2, 0.25) is 0 Å². The third-order valence-corrected chi connectivity index (χ3v) is 3.24. The van der Waals surface area contributed by atoms with Gasteiger partial charge in [0.15, 0.2) is 11.6 Å². The first-order chi connectivity index (χ1) is 8.33. The third kappa shape index (κ3) is 2.88. The van der Waals surface area contributed by atoms with E-state index in [4.69, 9.17) is 4.74 Å². The second-order valence-corrected chi connectivity index (χ2v) is 4.35. The molecule has 1 N–H and O–H groups in total. The molecule has 0 unspecified atom stereocenters. The lowest BCUT2D eigenvalue weighted by molar-refractivity contribution is 0.337. The van der Waals surface area contributed by atoms with Crippen LogP contribution in [-0.2, 0) is 0 Å². The normalized spacial score (nSPS) is 16.8. The van der Waals surface area contributed by atoms with Crippen molar-refractivity contribution in [2.24, 2.45) is 0 Å². The van der Waals surface area contributed by atoms with E-state index in [9.17, 15) is 0 Å². The maximum absolute atomic E-state index is 5.63. The van der Waals surface area contributed by atoms with Crippen molar-refractivity contribution >= 4 is 5.82 Å². The molecule has 0 amide bonds. The van der Waals surface area contributed by atoms with Crippen molar-refractivity contribution in [2.75, 3.05) is 31.6 Å². The molecule has 1 aromatic heterocycles. The SMILES string of the molecule is CCOc1cccnc1N(C)C1CCNCC1. The molecule has 94 valence electrons. The summed E-state index contributed by atoms with van der Waals surface area (Å²) in [4.78, 5) is 6.71. The highest BCUT2D eigenvalue weighted by molar-refractivity contribution is 5.52. The first-order valence-corrected chi connectivity index (χ1v) is 6.34. The van der Waals surface area contributed by atoms with Crippen LogP contribution in [0.3, 0.4) is 0 Å². The van der Waals surface area contributed by atoms with Gasteiger partial charge in [0, 0.05) is 19.3 Å². The Bertz CT molecular complexity index is 350. The molecule has 1 aliphatic heterocycles. The van der Waals surface area contributed by atoms with Crippen LogP contribution in [0, 0.1) is 0 Å². The fourth-order valence-corrected chi connectivity index (χ4v) is 2.28. The second kappa shape index (κ2) is 5.87. The molecule has 0 bridgehead atoms. The van der Waals surface area contributed by atoms with Crippen LogP contribution >= 0.6 is 0 Å². The lowest BCUT2D eigenvalue weighted by atomic mass is 10.1. The molecule has 2 rings (SSSR count). The number of piperidine rings is 1. The average molecular weight is 235 g/mol. The molecule has 4 nitrogen and oxygen atoms in total. The zero-order valence-electron chi connectivity index (χ0n) is 10.6. The molecule has 1 saturated heterocycles. The quantitative estimate of drug-likeness (QED) is 0.861. The Morgan fingerprint density at radius 2 is 2.24 bits per heavy atom. The first kappa shape index (κ1) is 12.2. The molecule has 17 heavy (non-hydrogen) atoms. The van der Waals surface area contributed by atoms with Crippen LogP contribution < -0.4 is 15.0 Å². The maximum atomic E-state index is 5.63. The fraction of sp³-hybridized carbons (Fsp3) is 0.615. The average Bonchev–Trinajstić information content (AvgIpc) is 2.40. The second-order valence-electron chi connectivity index (χ2n) is 4.35. The van der Waals surface area contributed by atoms with E-state index < -0.39 is 0 Å². The van der Waals surface area contributed by atoms with Gasteiger partial charge in [0.05, 0.1) is 6.61 Å². The summed E-state index contributed by atoms with van der Waals surface area (Å²) in [6, 6.07) is 4.47. The molecule has 2 heterocycles. The first-order valence-electron chi connectivity index (χ1n) is 6.34. The number of pyridine rings is 1. The molecule has 4 heteroatoms. The van der Waals surface area contributed by atoms with Gasteiger partial charge in [-0.3, -0.25) is 0 Å². The Balaban J connectivity index is 2.14. The van der Waals surface area contributed by atoms with Crippen LogP contribution in [0.25, 0.3) is 0 Å². The van der Waals surface area contributed by atoms with Crippen molar-refractivity contribution in [3.05, 3.63) is 18.3 Å². The van der Waals surface area contributed by atoms with Gasteiger partial charge < -0.3 is 15.0 Å². The van der Waals surface area contributed by atoms with Crippen LogP contribution in [0.4, 0.5) is 5.82 Å². The minimum atomic E-state index is 0.561. The summed E-state index contributed by atoms with van der Waals surface area (Å²) in [7, 11) is 2.11. The van der Waals surface area contributed by atoms with Gasteiger partial charge in [-0.1, -0.05) is 0 Å². The van der Waals surface area contributed by atoms with Crippen LogP contribution in [-0.4, -0.2) is 37.8 Å². The summed E-state index contributed by atoms with van der Waals surface area (Å²) in [6.07, 6.45) is 4.16. The summed E-state index contributed by atoms with van der Waals surface area (Å²) < 4.78 is 5.63. The van der Waals surface area contributed by atoms with Gasteiger partial charge in [-0.25, -0.2) is 4.98 Å². The standard InChI is InChI=1S/C13H21N3O/c1-3-17-12-5-4-8-15-13(12)16(2)11-6-9-14-10-7-11/h4-5,8,11,14H,3,6-7,9-10H2,1-2H3. The minimum Gasteiger partial charge on any atom is -0.490 e. The summed E-state index contributed by atoms with van der Waals surface area (Å²) in [6.45, 7) is 4.86. The fourth-order valence-electron chi connectivity index (χ4n) is 2.28. The van der Waals surface area contributed by atoms with Gasteiger partial charge in [0.2, 0.25) is 0 Å². The molecule has 1 aromatic rings. The van der Waals surface area contributed by atoms with Gasteiger partial charge in [-0.05, 0) is 45.0 Å². The Labute approximate surface area is 103 Å². The number of hydrogen-bond donors (Lipinski definition) is 1. The molecular formula is C13H21N3O. The topological polar surface area (TPSA) is 37.4 Å². The van der Waals surface area contributed by atoms with E-state index in [2.05, 4.69) is 22.2 Å². The number of nitrogens with zero attached hydrogens (tertiary/aromatic N) is 2. The van der Waals surface area contributed by atoms with Crippen LogP contribution in [0.1, 0.15) is 19.8 Å². The highest BCUT2D eigenvalue weighted by atomic mass is 16.5. The number of anilines is 1. The number of ether oxygens (including phenoxy) is 1. The van der Waals surface area contributed by atoms with E-state index in [-0.39, 0.29) is 0 Å².